The van der Waals surface area contributed by atoms with E-state index in [-0.39, 0.29) is 5.91 Å². The van der Waals surface area contributed by atoms with Gasteiger partial charge in [-0.15, -0.1) is 0 Å². The fourth-order valence-corrected chi connectivity index (χ4v) is 0.764. The fourth-order valence-electron chi connectivity index (χ4n) is 0.764. The van der Waals surface area contributed by atoms with E-state index in [0.717, 1.165) is 12.0 Å². The predicted octanol–water partition coefficient (Wildman–Crippen LogP) is 0.587. The first-order valence-corrected chi connectivity index (χ1v) is 4.57. The minimum Gasteiger partial charge on any atom is -0.344 e. The Kier molecular flexibility index (Phi) is 7.20. The molecule has 14 heavy (non-hydrogen) atoms. The van der Waals surface area contributed by atoms with Gasteiger partial charge < -0.3 is 11.1 Å². The Bertz CT molecular complexity index is 281. The van der Waals surface area contributed by atoms with Gasteiger partial charge in [0.25, 0.3) is 5.91 Å². The normalized spacial score (nSPS) is 10.0. The summed E-state index contributed by atoms with van der Waals surface area (Å²) in [6, 6.07) is 0. The average molecular weight is 192 g/mol. The van der Waals surface area contributed by atoms with Crippen LogP contribution in [-0.2, 0) is 4.79 Å². The molecule has 0 aromatic heterocycles. The van der Waals surface area contributed by atoms with Gasteiger partial charge in [0, 0.05) is 24.6 Å². The Balaban J connectivity index is 4.19. The van der Waals surface area contributed by atoms with Crippen LogP contribution in [0.5, 0.6) is 0 Å². The molecule has 0 saturated carbocycles. The lowest BCUT2D eigenvalue weighted by Crippen LogP contribution is -2.27. The molecule has 0 unspecified atom stereocenters. The molecule has 0 heterocycles. The van der Waals surface area contributed by atoms with Crippen LogP contribution in [0.3, 0.4) is 0 Å². The molecule has 3 N–H and O–H groups in total. The third kappa shape index (κ3) is 6.04. The van der Waals surface area contributed by atoms with Crippen molar-refractivity contribution in [2.45, 2.75) is 13.3 Å². The van der Waals surface area contributed by atoms with Gasteiger partial charge in [-0.05, 0) is 6.42 Å². The van der Waals surface area contributed by atoms with E-state index in [4.69, 9.17) is 5.73 Å². The van der Waals surface area contributed by atoms with E-state index in [1.54, 1.807) is 6.08 Å². The van der Waals surface area contributed by atoms with Gasteiger partial charge >= 0.3 is 0 Å². The summed E-state index contributed by atoms with van der Waals surface area (Å²) in [6.45, 7) is 6.47. The van der Waals surface area contributed by atoms with Gasteiger partial charge in [0.15, 0.2) is 0 Å². The van der Waals surface area contributed by atoms with Gasteiger partial charge in [-0.25, -0.2) is 0 Å². The summed E-state index contributed by atoms with van der Waals surface area (Å²) in [5, 5.41) is 2.55. The molecular weight excluding hydrogens is 176 g/mol. The first kappa shape index (κ1) is 12.5. The van der Waals surface area contributed by atoms with Crippen LogP contribution >= 0.6 is 0 Å². The standard InChI is InChI=1S/C11H16N2O/c1-3-5-10(4-2)6-7-11(14)13-9-8-12/h4-5H,2-3,8-9,12H2,1H3,(H,13,14). The van der Waals surface area contributed by atoms with E-state index in [2.05, 4.69) is 23.7 Å². The summed E-state index contributed by atoms with van der Waals surface area (Å²) in [6.07, 6.45) is 4.42. The van der Waals surface area contributed by atoms with Crippen molar-refractivity contribution in [3.05, 3.63) is 24.3 Å². The van der Waals surface area contributed by atoms with Gasteiger partial charge in [0.1, 0.15) is 0 Å². The van der Waals surface area contributed by atoms with Gasteiger partial charge in [-0.1, -0.05) is 31.6 Å². The minimum atomic E-state index is -0.306. The smallest absolute Gasteiger partial charge is 0.296 e. The molecule has 0 spiro atoms. The molecule has 0 aliphatic rings. The molecule has 3 nitrogen and oxygen atoms in total. The molecule has 76 valence electrons. The van der Waals surface area contributed by atoms with E-state index in [9.17, 15) is 4.79 Å². The second-order valence-electron chi connectivity index (χ2n) is 2.57. The molecule has 0 bridgehead atoms. The SMILES string of the molecule is C=CC(C#CC(=O)NCCN)=CCC. The highest BCUT2D eigenvalue weighted by atomic mass is 16.1. The number of nitrogens with one attached hydrogen (secondary N) is 1. The van der Waals surface area contributed by atoms with Crippen LogP contribution in [0.15, 0.2) is 24.3 Å². The largest absolute Gasteiger partial charge is 0.344 e. The molecule has 0 fully saturated rings. The van der Waals surface area contributed by atoms with Crippen molar-refractivity contribution in [2.24, 2.45) is 5.73 Å². The number of carbonyl (C=O) groups is 1. The van der Waals surface area contributed by atoms with Crippen molar-refractivity contribution in [3.8, 4) is 11.8 Å². The van der Waals surface area contributed by atoms with Crippen LogP contribution in [0.2, 0.25) is 0 Å². The van der Waals surface area contributed by atoms with Crippen LogP contribution in [0, 0.1) is 11.8 Å². The van der Waals surface area contributed by atoms with E-state index in [1.807, 2.05) is 13.0 Å². The lowest BCUT2D eigenvalue weighted by molar-refractivity contribution is -0.115. The fraction of sp³-hybridized carbons (Fsp3) is 0.364. The van der Waals surface area contributed by atoms with Gasteiger partial charge in [0.05, 0.1) is 0 Å². The number of hydrogen-bond acceptors (Lipinski definition) is 2. The zero-order chi connectivity index (χ0) is 10.8. The van der Waals surface area contributed by atoms with Crippen LogP contribution < -0.4 is 11.1 Å². The molecule has 0 atom stereocenters. The lowest BCUT2D eigenvalue weighted by Gasteiger charge is -1.94. The first-order valence-electron chi connectivity index (χ1n) is 4.57. The lowest BCUT2D eigenvalue weighted by atomic mass is 10.2. The summed E-state index contributed by atoms with van der Waals surface area (Å²) in [5.74, 6) is 4.87. The summed E-state index contributed by atoms with van der Waals surface area (Å²) >= 11 is 0. The molecular formula is C11H16N2O. The molecule has 0 saturated heterocycles. The number of carbonyl (C=O) groups excluding carboxylic acids is 1. The maximum Gasteiger partial charge on any atom is 0.296 e. The molecule has 3 heteroatoms. The Hall–Kier alpha value is -1.53. The summed E-state index contributed by atoms with van der Waals surface area (Å²) in [4.78, 5) is 11.0. The molecule has 0 aromatic rings. The van der Waals surface area contributed by atoms with Crippen LogP contribution in [-0.4, -0.2) is 19.0 Å². The Morgan fingerprint density at radius 2 is 2.29 bits per heavy atom. The second-order valence-corrected chi connectivity index (χ2v) is 2.57. The van der Waals surface area contributed by atoms with Crippen molar-refractivity contribution in [1.29, 1.82) is 0 Å². The van der Waals surface area contributed by atoms with Crippen molar-refractivity contribution in [2.75, 3.05) is 13.1 Å². The molecule has 1 amide bonds. The van der Waals surface area contributed by atoms with Crippen LogP contribution in [0.25, 0.3) is 0 Å². The molecule has 0 radical (unpaired) electrons. The molecule has 0 aliphatic heterocycles. The third-order valence-electron chi connectivity index (χ3n) is 1.39. The van der Waals surface area contributed by atoms with Gasteiger partial charge in [-0.2, -0.15) is 0 Å². The number of nitrogens with two attached hydrogens (primary N) is 1. The number of allylic oxidation sites excluding steroid dienone is 3. The Labute approximate surface area is 85.1 Å². The summed E-state index contributed by atoms with van der Waals surface area (Å²) < 4.78 is 0. The predicted molar refractivity (Wildman–Crippen MR) is 58.4 cm³/mol. The van der Waals surface area contributed by atoms with Crippen LogP contribution in [0.4, 0.5) is 0 Å². The minimum absolute atomic E-state index is 0.306. The number of hydrogen-bond donors (Lipinski definition) is 2. The highest BCUT2D eigenvalue weighted by Gasteiger charge is 1.91. The van der Waals surface area contributed by atoms with Gasteiger partial charge in [-0.3, -0.25) is 4.79 Å². The van der Waals surface area contributed by atoms with Crippen molar-refractivity contribution in [1.82, 2.24) is 5.32 Å². The van der Waals surface area contributed by atoms with E-state index in [1.165, 1.54) is 0 Å². The molecule has 0 rings (SSSR count). The van der Waals surface area contributed by atoms with E-state index in [0.29, 0.717) is 13.1 Å². The first-order chi connectivity index (χ1) is 6.74. The van der Waals surface area contributed by atoms with Crippen molar-refractivity contribution in [3.63, 3.8) is 0 Å². The molecule has 0 aliphatic carbocycles. The number of amides is 1. The topological polar surface area (TPSA) is 55.1 Å². The molecule has 0 aromatic carbocycles. The maximum atomic E-state index is 11.0. The maximum absolute atomic E-state index is 11.0. The second kappa shape index (κ2) is 8.09. The van der Waals surface area contributed by atoms with Crippen molar-refractivity contribution < 1.29 is 4.79 Å². The van der Waals surface area contributed by atoms with E-state index < -0.39 is 0 Å². The van der Waals surface area contributed by atoms with E-state index >= 15 is 0 Å². The highest BCUT2D eigenvalue weighted by Crippen LogP contribution is 1.94. The zero-order valence-electron chi connectivity index (χ0n) is 8.47. The monoisotopic (exact) mass is 192 g/mol. The Morgan fingerprint density at radius 3 is 2.79 bits per heavy atom. The third-order valence-corrected chi connectivity index (χ3v) is 1.39. The van der Waals surface area contributed by atoms with Crippen LogP contribution in [0.1, 0.15) is 13.3 Å². The summed E-state index contributed by atoms with van der Waals surface area (Å²) in [7, 11) is 0. The number of rotatable bonds is 4. The van der Waals surface area contributed by atoms with Gasteiger partial charge in [0.2, 0.25) is 0 Å². The van der Waals surface area contributed by atoms with Crippen molar-refractivity contribution >= 4 is 5.91 Å². The average Bonchev–Trinajstić information content (AvgIpc) is 2.21. The summed E-state index contributed by atoms with van der Waals surface area (Å²) in [5.41, 5.74) is 5.99. The Morgan fingerprint density at radius 1 is 1.57 bits per heavy atom. The zero-order valence-corrected chi connectivity index (χ0v) is 8.47. The highest BCUT2D eigenvalue weighted by molar-refractivity contribution is 5.94. The quantitative estimate of drug-likeness (QED) is 0.506.